The first kappa shape index (κ1) is 17.3. The quantitative estimate of drug-likeness (QED) is 0.319. The average Bonchev–Trinajstić information content (AvgIpc) is 3.44. The van der Waals surface area contributed by atoms with Crippen LogP contribution < -0.4 is 0 Å². The summed E-state index contributed by atoms with van der Waals surface area (Å²) in [7, 11) is 0. The molecule has 2 heterocycles. The second-order valence-corrected chi connectivity index (χ2v) is 8.03. The average molecular weight is 410 g/mol. The molecule has 0 radical (unpaired) electrons. The van der Waals surface area contributed by atoms with E-state index in [1.807, 2.05) is 18.2 Å². The summed E-state index contributed by atoms with van der Waals surface area (Å²) in [5.74, 6) is 0. The molecule has 5 aromatic carbocycles. The number of benzene rings is 5. The molecule has 4 heteroatoms. The molecule has 0 aliphatic carbocycles. The van der Waals surface area contributed by atoms with Gasteiger partial charge in [-0.3, -0.25) is 0 Å². The first-order valence-corrected chi connectivity index (χ1v) is 10.7. The Balaban J connectivity index is 1.38. The normalized spacial score (nSPS) is 11.8. The Hall–Kier alpha value is -4.44. The Morgan fingerprint density at radius 2 is 1.06 bits per heavy atom. The molecule has 0 bridgehead atoms. The van der Waals surface area contributed by atoms with Gasteiger partial charge in [-0.05, 0) is 47.9 Å². The Labute approximate surface area is 183 Å². The molecular weight excluding hydrogens is 392 g/mol. The molecule has 4 nitrogen and oxygen atoms in total. The third-order valence-corrected chi connectivity index (χ3v) is 6.20. The van der Waals surface area contributed by atoms with Gasteiger partial charge in [0.15, 0.2) is 0 Å². The van der Waals surface area contributed by atoms with E-state index in [1.165, 1.54) is 27.2 Å². The summed E-state index contributed by atoms with van der Waals surface area (Å²) in [4.78, 5) is 1.73. The maximum absolute atomic E-state index is 4.80. The van der Waals surface area contributed by atoms with Crippen molar-refractivity contribution in [2.75, 3.05) is 0 Å². The van der Waals surface area contributed by atoms with Crippen LogP contribution in [0.1, 0.15) is 0 Å². The maximum Gasteiger partial charge on any atom is 0.121 e. The molecule has 0 N–H and O–H groups in total. The summed E-state index contributed by atoms with van der Waals surface area (Å²) in [5, 5.41) is 14.4. The molecule has 2 aromatic heterocycles. The first-order valence-electron chi connectivity index (χ1n) is 10.7. The van der Waals surface area contributed by atoms with Gasteiger partial charge in [0.1, 0.15) is 11.0 Å². The molecule has 150 valence electrons. The van der Waals surface area contributed by atoms with E-state index in [9.17, 15) is 0 Å². The van der Waals surface area contributed by atoms with Crippen LogP contribution in [0.25, 0.3) is 55.0 Å². The number of rotatable bonds is 2. The van der Waals surface area contributed by atoms with Crippen molar-refractivity contribution in [1.29, 1.82) is 0 Å². The van der Waals surface area contributed by atoms with E-state index in [0.29, 0.717) is 0 Å². The number of aromatic nitrogens is 4. The zero-order valence-electron chi connectivity index (χ0n) is 17.2. The molecule has 7 rings (SSSR count). The summed E-state index contributed by atoms with van der Waals surface area (Å²) in [6, 6.07) is 38.0. The third kappa shape index (κ3) is 2.44. The Bertz CT molecular complexity index is 1720. The van der Waals surface area contributed by atoms with Gasteiger partial charge in [0, 0.05) is 21.8 Å². The molecule has 7 aromatic rings. The molecule has 0 aliphatic heterocycles. The molecule has 0 saturated heterocycles. The maximum atomic E-state index is 4.80. The second-order valence-electron chi connectivity index (χ2n) is 8.03. The van der Waals surface area contributed by atoms with Crippen molar-refractivity contribution in [2.24, 2.45) is 0 Å². The predicted molar refractivity (Wildman–Crippen MR) is 131 cm³/mol. The fraction of sp³-hybridized carbons (Fsp3) is 0. The van der Waals surface area contributed by atoms with E-state index in [0.717, 1.165) is 27.8 Å². The monoisotopic (exact) mass is 410 g/mol. The largest absolute Gasteiger partial charge is 0.309 e. The van der Waals surface area contributed by atoms with Crippen molar-refractivity contribution in [3.63, 3.8) is 0 Å². The minimum atomic E-state index is 0.898. The van der Waals surface area contributed by atoms with Crippen LogP contribution in [0.3, 0.4) is 0 Å². The van der Waals surface area contributed by atoms with Gasteiger partial charge in [-0.25, -0.2) is 0 Å². The second kappa shape index (κ2) is 6.53. The minimum Gasteiger partial charge on any atom is -0.309 e. The number of hydrogen-bond donors (Lipinski definition) is 0. The van der Waals surface area contributed by atoms with Crippen LogP contribution in [-0.4, -0.2) is 19.6 Å². The van der Waals surface area contributed by atoms with E-state index in [2.05, 4.69) is 95.6 Å². The minimum absolute atomic E-state index is 0.898. The van der Waals surface area contributed by atoms with Crippen molar-refractivity contribution in [1.82, 2.24) is 19.6 Å². The van der Waals surface area contributed by atoms with Crippen LogP contribution >= 0.6 is 0 Å². The van der Waals surface area contributed by atoms with Crippen molar-refractivity contribution in [3.8, 4) is 11.4 Å². The topological polar surface area (TPSA) is 35.6 Å². The summed E-state index contributed by atoms with van der Waals surface area (Å²) < 4.78 is 2.31. The molecular formula is C28H18N4. The highest BCUT2D eigenvalue weighted by Crippen LogP contribution is 2.32. The molecule has 0 atom stereocenters. The Morgan fingerprint density at radius 3 is 1.78 bits per heavy atom. The molecule has 0 amide bonds. The van der Waals surface area contributed by atoms with Crippen molar-refractivity contribution >= 4 is 43.6 Å². The summed E-state index contributed by atoms with van der Waals surface area (Å²) in [6.45, 7) is 0. The third-order valence-electron chi connectivity index (χ3n) is 6.20. The SMILES string of the molecule is c1ccc2c(c1)ccc1nn(-c3ccc(-n4c5ccccc5c5ccccc54)cc3)nc12. The van der Waals surface area contributed by atoms with Crippen molar-refractivity contribution < 1.29 is 0 Å². The predicted octanol–water partition coefficient (Wildman–Crippen LogP) is 6.67. The zero-order valence-corrected chi connectivity index (χ0v) is 17.2. The van der Waals surface area contributed by atoms with Crippen LogP contribution in [0.15, 0.2) is 109 Å². The van der Waals surface area contributed by atoms with Gasteiger partial charge in [-0.1, -0.05) is 66.7 Å². The van der Waals surface area contributed by atoms with Crippen LogP contribution in [0.5, 0.6) is 0 Å². The highest BCUT2D eigenvalue weighted by Gasteiger charge is 2.12. The number of nitrogens with zero attached hydrogens (tertiary/aromatic N) is 4. The van der Waals surface area contributed by atoms with Gasteiger partial charge in [-0.15, -0.1) is 10.2 Å². The fourth-order valence-corrected chi connectivity index (χ4v) is 4.70. The number of hydrogen-bond acceptors (Lipinski definition) is 2. The van der Waals surface area contributed by atoms with Gasteiger partial charge >= 0.3 is 0 Å². The lowest BCUT2D eigenvalue weighted by Gasteiger charge is -2.08. The highest BCUT2D eigenvalue weighted by molar-refractivity contribution is 6.09. The summed E-state index contributed by atoms with van der Waals surface area (Å²) in [6.07, 6.45) is 0. The Morgan fingerprint density at radius 1 is 0.469 bits per heavy atom. The van der Waals surface area contributed by atoms with E-state index < -0.39 is 0 Å². The van der Waals surface area contributed by atoms with Gasteiger partial charge in [0.2, 0.25) is 0 Å². The van der Waals surface area contributed by atoms with E-state index in [4.69, 9.17) is 10.2 Å². The highest BCUT2D eigenvalue weighted by atomic mass is 15.5. The van der Waals surface area contributed by atoms with E-state index in [1.54, 1.807) is 4.80 Å². The molecule has 0 saturated carbocycles. The standard InChI is InChI=1S/C28H18N4/c1-2-8-22-19(7-1)13-18-25-28(22)30-32(29-25)21-16-14-20(15-17-21)31-26-11-5-3-9-23(26)24-10-4-6-12-27(24)31/h1-18H. The lowest BCUT2D eigenvalue weighted by Crippen LogP contribution is -2.00. The molecule has 32 heavy (non-hydrogen) atoms. The van der Waals surface area contributed by atoms with Gasteiger partial charge in [0.25, 0.3) is 0 Å². The lowest BCUT2D eigenvalue weighted by atomic mass is 10.1. The first-order chi connectivity index (χ1) is 15.9. The lowest BCUT2D eigenvalue weighted by molar-refractivity contribution is 0.766. The number of para-hydroxylation sites is 2. The van der Waals surface area contributed by atoms with Crippen molar-refractivity contribution in [3.05, 3.63) is 109 Å². The van der Waals surface area contributed by atoms with E-state index >= 15 is 0 Å². The van der Waals surface area contributed by atoms with Crippen molar-refractivity contribution in [2.45, 2.75) is 0 Å². The fourth-order valence-electron chi connectivity index (χ4n) is 4.70. The van der Waals surface area contributed by atoms with E-state index in [-0.39, 0.29) is 0 Å². The molecule has 0 aliphatic rings. The Kier molecular flexibility index (Phi) is 3.52. The van der Waals surface area contributed by atoms with Gasteiger partial charge in [-0.2, -0.15) is 4.80 Å². The summed E-state index contributed by atoms with van der Waals surface area (Å²) >= 11 is 0. The zero-order chi connectivity index (χ0) is 21.1. The van der Waals surface area contributed by atoms with Gasteiger partial charge in [0.05, 0.1) is 16.7 Å². The molecule has 0 unspecified atom stereocenters. The van der Waals surface area contributed by atoms with Crippen LogP contribution in [0.2, 0.25) is 0 Å². The van der Waals surface area contributed by atoms with Crippen LogP contribution in [0.4, 0.5) is 0 Å². The molecule has 0 spiro atoms. The van der Waals surface area contributed by atoms with Crippen LogP contribution in [-0.2, 0) is 0 Å². The molecule has 0 fully saturated rings. The van der Waals surface area contributed by atoms with Gasteiger partial charge < -0.3 is 4.57 Å². The van der Waals surface area contributed by atoms with Crippen LogP contribution in [0, 0.1) is 0 Å². The number of fused-ring (bicyclic) bond motifs is 6. The smallest absolute Gasteiger partial charge is 0.121 e. The summed E-state index contributed by atoms with van der Waals surface area (Å²) in [5.41, 5.74) is 6.29.